The van der Waals surface area contributed by atoms with E-state index in [0.29, 0.717) is 24.4 Å². The van der Waals surface area contributed by atoms with Gasteiger partial charge in [-0.3, -0.25) is 15.1 Å². The Balaban J connectivity index is 2.01. The van der Waals surface area contributed by atoms with Crippen molar-refractivity contribution < 1.29 is 22.3 Å². The second kappa shape index (κ2) is 8.58. The van der Waals surface area contributed by atoms with Crippen molar-refractivity contribution in [2.75, 3.05) is 28.6 Å². The Hall–Kier alpha value is -1.70. The van der Waals surface area contributed by atoms with Gasteiger partial charge in [0.1, 0.15) is 4.99 Å². The van der Waals surface area contributed by atoms with Crippen LogP contribution in [0.2, 0.25) is 0 Å². The molecule has 7 nitrogen and oxygen atoms in total. The third-order valence-corrected chi connectivity index (χ3v) is 9.69. The van der Waals surface area contributed by atoms with Crippen LogP contribution in [0.3, 0.4) is 0 Å². The Kier molecular flexibility index (Phi) is 6.29. The van der Waals surface area contributed by atoms with Gasteiger partial charge in [-0.15, -0.1) is 0 Å². The summed E-state index contributed by atoms with van der Waals surface area (Å²) in [6, 6.07) is 5.14. The lowest BCUT2D eigenvalue weighted by molar-refractivity contribution is -0.385. The summed E-state index contributed by atoms with van der Waals surface area (Å²) in [6.45, 7) is 0.632. The molecule has 3 heterocycles. The Morgan fingerprint density at radius 2 is 2.03 bits per heavy atom. The van der Waals surface area contributed by atoms with Crippen molar-refractivity contribution in [3.63, 3.8) is 0 Å². The largest absolute Gasteiger partial charge is 0.418 e. The summed E-state index contributed by atoms with van der Waals surface area (Å²) < 4.78 is 58.4. The fraction of sp³-hybridized carbons (Fsp3) is 0.368. The summed E-state index contributed by atoms with van der Waals surface area (Å²) in [5.41, 5.74) is -0.503. The molecule has 0 N–H and O–H groups in total. The average molecular weight is 598 g/mol. The van der Waals surface area contributed by atoms with Crippen LogP contribution in [0.25, 0.3) is 0 Å². The molecule has 0 spiro atoms. The minimum atomic E-state index is -4.86. The van der Waals surface area contributed by atoms with E-state index < -0.39 is 32.1 Å². The zero-order valence-corrected chi connectivity index (χ0v) is 20.4. The van der Waals surface area contributed by atoms with E-state index in [9.17, 15) is 27.5 Å². The van der Waals surface area contributed by atoms with Crippen molar-refractivity contribution >= 4 is 57.9 Å². The van der Waals surface area contributed by atoms with Crippen molar-refractivity contribution in [3.8, 4) is 0 Å². The van der Waals surface area contributed by atoms with Crippen LogP contribution in [-0.4, -0.2) is 47.2 Å². The monoisotopic (exact) mass is 596 g/mol. The number of hydrogen-bond acceptors (Lipinski definition) is 5. The number of fused-ring (bicyclic) bond motifs is 2. The van der Waals surface area contributed by atoms with Gasteiger partial charge < -0.3 is 4.90 Å². The van der Waals surface area contributed by atoms with Crippen LogP contribution in [0.4, 0.5) is 24.5 Å². The molecule has 0 bridgehead atoms. The van der Waals surface area contributed by atoms with Crippen LogP contribution in [0.5, 0.6) is 0 Å². The Morgan fingerprint density at radius 1 is 1.28 bits per heavy atom. The summed E-state index contributed by atoms with van der Waals surface area (Å²) in [5, 5.41) is 11.8. The van der Waals surface area contributed by atoms with Crippen LogP contribution in [-0.2, 0) is 28.8 Å². The Labute approximate surface area is 199 Å². The van der Waals surface area contributed by atoms with Gasteiger partial charge in [0, 0.05) is 55.4 Å². The number of aromatic nitrogens is 1. The molecule has 32 heavy (non-hydrogen) atoms. The molecule has 4 rings (SSSR count). The van der Waals surface area contributed by atoms with Crippen molar-refractivity contribution in [3.05, 3.63) is 57.4 Å². The maximum Gasteiger partial charge on any atom is 0.418 e. The van der Waals surface area contributed by atoms with Crippen LogP contribution in [0, 0.1) is 10.1 Å². The molecule has 1 unspecified atom stereocenters. The van der Waals surface area contributed by atoms with Gasteiger partial charge in [-0.2, -0.15) is 13.2 Å². The molecule has 1 aromatic heterocycles. The van der Waals surface area contributed by atoms with E-state index in [0.717, 1.165) is 17.3 Å². The quantitative estimate of drug-likeness (QED) is 0.221. The van der Waals surface area contributed by atoms with Crippen molar-refractivity contribution in [1.82, 2.24) is 9.29 Å². The summed E-state index contributed by atoms with van der Waals surface area (Å²) in [6.07, 6.45) is -2.73. The van der Waals surface area contributed by atoms with Crippen molar-refractivity contribution in [2.24, 2.45) is 0 Å². The van der Waals surface area contributed by atoms with Gasteiger partial charge in [0.25, 0.3) is 5.69 Å². The van der Waals surface area contributed by atoms with Crippen molar-refractivity contribution in [1.29, 1.82) is 0 Å². The number of anilines is 1. The Bertz CT molecular complexity index is 1210. The van der Waals surface area contributed by atoms with Gasteiger partial charge in [0.2, 0.25) is 0 Å². The fourth-order valence-electron chi connectivity index (χ4n) is 4.12. The molecule has 0 fully saturated rings. The molecule has 13 heteroatoms. The van der Waals surface area contributed by atoms with E-state index in [1.54, 1.807) is 16.6 Å². The second-order valence-corrected chi connectivity index (χ2v) is 11.0. The van der Waals surface area contributed by atoms with E-state index in [1.165, 1.54) is 4.90 Å². The highest BCUT2D eigenvalue weighted by Gasteiger charge is 2.46. The van der Waals surface area contributed by atoms with Crippen LogP contribution in [0.15, 0.2) is 35.4 Å². The molecule has 0 amide bonds. The van der Waals surface area contributed by atoms with E-state index in [4.69, 9.17) is 0 Å². The first-order chi connectivity index (χ1) is 15.1. The maximum atomic E-state index is 14.7. The number of alkyl halides is 5. The fourth-order valence-corrected chi connectivity index (χ4v) is 8.60. The standard InChI is InChI=1S/C19H17Br2F3N4O3S/c20-4-7-27-17(10-21)32(31,26-6-3-15-12(11-26)2-1-5-25-15)16-9-13(28(29)30)8-14(18(16)27)19(22,23)24/h1-2,5,8-9H,3-4,6-7,10-11H2. The summed E-state index contributed by atoms with van der Waals surface area (Å²) in [5.74, 6) is 0. The van der Waals surface area contributed by atoms with Crippen LogP contribution < -0.4 is 4.90 Å². The highest BCUT2D eigenvalue weighted by Crippen LogP contribution is 2.48. The van der Waals surface area contributed by atoms with Gasteiger partial charge in [0.05, 0.1) is 36.1 Å². The molecule has 2 aliphatic rings. The summed E-state index contributed by atoms with van der Waals surface area (Å²) in [4.78, 5) is 16.4. The van der Waals surface area contributed by atoms with Crippen molar-refractivity contribution in [2.45, 2.75) is 24.0 Å². The highest BCUT2D eigenvalue weighted by atomic mass is 79.9. The zero-order chi connectivity index (χ0) is 23.3. The number of hydrogen-bond donors (Lipinski definition) is 0. The smallest absolute Gasteiger partial charge is 0.334 e. The molecule has 2 aliphatic heterocycles. The summed E-state index contributed by atoms with van der Waals surface area (Å²) in [7, 11) is -3.38. The molecule has 1 atom stereocenters. The number of nitro groups is 1. The predicted molar refractivity (Wildman–Crippen MR) is 123 cm³/mol. The van der Waals surface area contributed by atoms with Crippen LogP contribution >= 0.6 is 31.9 Å². The third kappa shape index (κ3) is 3.72. The minimum Gasteiger partial charge on any atom is -0.334 e. The number of non-ortho nitro benzene ring substituents is 1. The molecule has 2 aromatic rings. The van der Waals surface area contributed by atoms with Crippen LogP contribution in [0.1, 0.15) is 16.8 Å². The molecule has 0 radical (unpaired) electrons. The molecular weight excluding hydrogens is 581 g/mol. The third-order valence-electron chi connectivity index (χ3n) is 5.48. The van der Waals surface area contributed by atoms with Gasteiger partial charge in [-0.1, -0.05) is 37.9 Å². The van der Waals surface area contributed by atoms with E-state index in [1.807, 2.05) is 6.07 Å². The van der Waals surface area contributed by atoms with E-state index in [-0.39, 0.29) is 34.0 Å². The second-order valence-electron chi connectivity index (χ2n) is 7.21. The molecule has 0 aliphatic carbocycles. The normalized spacial score (nSPS) is 20.9. The molecule has 0 saturated heterocycles. The lowest BCUT2D eigenvalue weighted by Gasteiger charge is -2.31. The molecule has 0 saturated carbocycles. The maximum absolute atomic E-state index is 14.7. The number of nitro benzene ring substituents is 1. The first-order valence-electron chi connectivity index (χ1n) is 9.50. The van der Waals surface area contributed by atoms with E-state index >= 15 is 0 Å². The van der Waals surface area contributed by atoms with Gasteiger partial charge in [0.15, 0.2) is 0 Å². The Morgan fingerprint density at radius 3 is 2.66 bits per heavy atom. The topological polar surface area (TPSA) is 79.6 Å². The first kappa shape index (κ1) is 23.5. The minimum absolute atomic E-state index is 0.0506. The first-order valence-corrected chi connectivity index (χ1v) is 13.3. The van der Waals surface area contributed by atoms with Gasteiger partial charge >= 0.3 is 6.18 Å². The number of halogens is 5. The number of rotatable bonds is 5. The highest BCUT2D eigenvalue weighted by molar-refractivity contribution is 9.09. The zero-order valence-electron chi connectivity index (χ0n) is 16.4. The molecular formula is C19H17Br2F3N4O3S. The van der Waals surface area contributed by atoms with E-state index in [2.05, 4.69) is 36.8 Å². The predicted octanol–water partition coefficient (Wildman–Crippen LogP) is 4.36. The van der Waals surface area contributed by atoms with Gasteiger partial charge in [-0.05, 0) is 11.6 Å². The number of nitrogens with zero attached hydrogens (tertiary/aromatic N) is 4. The number of pyridine rings is 1. The average Bonchev–Trinajstić information content (AvgIpc) is 3.00. The lowest BCUT2D eigenvalue weighted by atomic mass is 10.1. The SMILES string of the molecule is O=[N+]([O-])c1cc(C(F)(F)F)c2c(c1)S(=O)(N1CCc3ncccc3C1)=C(CBr)N2CCBr. The molecule has 1 aromatic carbocycles. The summed E-state index contributed by atoms with van der Waals surface area (Å²) >= 11 is 6.58. The van der Waals surface area contributed by atoms with Gasteiger partial charge in [-0.25, -0.2) is 8.51 Å². The molecule has 172 valence electrons. The lowest BCUT2D eigenvalue weighted by Crippen LogP contribution is -2.42. The number of benzene rings is 1.